The lowest BCUT2D eigenvalue weighted by atomic mass is 10.0. The highest BCUT2D eigenvalue weighted by atomic mass is 19.1. The van der Waals surface area contributed by atoms with Crippen LogP contribution in [-0.4, -0.2) is 56.3 Å². The summed E-state index contributed by atoms with van der Waals surface area (Å²) in [6, 6.07) is 4.36. The maximum absolute atomic E-state index is 13.6. The Morgan fingerprint density at radius 2 is 2.00 bits per heavy atom. The molecule has 1 saturated heterocycles. The topological polar surface area (TPSA) is 42.0 Å². The molecule has 0 N–H and O–H groups in total. The van der Waals surface area contributed by atoms with Crippen LogP contribution in [0.2, 0.25) is 0 Å². The highest BCUT2D eigenvalue weighted by molar-refractivity contribution is 5.97. The molecule has 1 aliphatic carbocycles. The van der Waals surface area contributed by atoms with E-state index in [-0.39, 0.29) is 18.3 Å². The van der Waals surface area contributed by atoms with E-state index in [9.17, 15) is 9.18 Å². The van der Waals surface area contributed by atoms with Crippen molar-refractivity contribution in [2.75, 3.05) is 44.3 Å². The van der Waals surface area contributed by atoms with Gasteiger partial charge in [-0.2, -0.15) is 0 Å². The zero-order chi connectivity index (χ0) is 18.8. The molecule has 2 fully saturated rings. The fraction of sp³-hybridized carbons (Fsp3) is 0.667. The molecule has 27 heavy (non-hydrogen) atoms. The largest absolute Gasteiger partial charge is 0.482 e. The van der Waals surface area contributed by atoms with Gasteiger partial charge < -0.3 is 19.3 Å². The van der Waals surface area contributed by atoms with E-state index in [0.29, 0.717) is 30.0 Å². The van der Waals surface area contributed by atoms with Gasteiger partial charge in [-0.25, -0.2) is 4.39 Å². The molecule has 2 heterocycles. The van der Waals surface area contributed by atoms with Crippen molar-refractivity contribution in [3.8, 4) is 5.75 Å². The Labute approximate surface area is 160 Å². The van der Waals surface area contributed by atoms with Gasteiger partial charge in [0.25, 0.3) is 5.91 Å². The van der Waals surface area contributed by atoms with Gasteiger partial charge in [0, 0.05) is 38.9 Å². The molecule has 1 saturated carbocycles. The Balaban J connectivity index is 1.27. The lowest BCUT2D eigenvalue weighted by molar-refractivity contribution is -0.121. The second kappa shape index (κ2) is 8.15. The number of carbonyl (C=O) groups excluding carboxylic acids is 1. The molecule has 1 amide bonds. The second-order valence-corrected chi connectivity index (χ2v) is 8.29. The molecule has 1 atom stereocenters. The molecule has 3 aliphatic rings. The van der Waals surface area contributed by atoms with Crippen LogP contribution in [0.5, 0.6) is 5.75 Å². The molecule has 6 heteroatoms. The highest BCUT2D eigenvalue weighted by Crippen LogP contribution is 2.33. The van der Waals surface area contributed by atoms with E-state index in [4.69, 9.17) is 9.47 Å². The Kier molecular flexibility index (Phi) is 5.64. The number of anilines is 1. The van der Waals surface area contributed by atoms with Crippen LogP contribution in [-0.2, 0) is 9.53 Å². The van der Waals surface area contributed by atoms with Crippen LogP contribution in [0.4, 0.5) is 10.1 Å². The Morgan fingerprint density at radius 1 is 1.22 bits per heavy atom. The maximum Gasteiger partial charge on any atom is 0.265 e. The van der Waals surface area contributed by atoms with Crippen molar-refractivity contribution in [2.45, 2.75) is 38.7 Å². The maximum atomic E-state index is 13.6. The summed E-state index contributed by atoms with van der Waals surface area (Å²) in [7, 11) is 0. The fourth-order valence-corrected chi connectivity index (χ4v) is 4.00. The molecule has 1 unspecified atom stereocenters. The minimum absolute atomic E-state index is 0.0229. The standard InChI is InChI=1S/C21H29FN2O3/c1-15(11-23-8-6-18(7-9-23)26-13-16-2-3-16)12-24-19-10-17(22)4-5-20(19)27-14-21(24)25/h4-5,10,15-16,18H,2-3,6-9,11-14H2,1H3. The summed E-state index contributed by atoms with van der Waals surface area (Å²) >= 11 is 0. The van der Waals surface area contributed by atoms with Crippen molar-refractivity contribution < 1.29 is 18.7 Å². The van der Waals surface area contributed by atoms with Crippen LogP contribution in [0, 0.1) is 17.7 Å². The first-order valence-corrected chi connectivity index (χ1v) is 10.1. The van der Waals surface area contributed by atoms with Crippen LogP contribution in [0.3, 0.4) is 0 Å². The molecular weight excluding hydrogens is 347 g/mol. The third kappa shape index (κ3) is 4.79. The van der Waals surface area contributed by atoms with Crippen LogP contribution in [0.15, 0.2) is 18.2 Å². The zero-order valence-electron chi connectivity index (χ0n) is 16.0. The number of nitrogens with zero attached hydrogens (tertiary/aromatic N) is 2. The second-order valence-electron chi connectivity index (χ2n) is 8.29. The van der Waals surface area contributed by atoms with Crippen LogP contribution < -0.4 is 9.64 Å². The summed E-state index contributed by atoms with van der Waals surface area (Å²) in [6.07, 6.45) is 5.26. The van der Waals surface area contributed by atoms with Crippen molar-refractivity contribution in [1.82, 2.24) is 4.90 Å². The van der Waals surface area contributed by atoms with Gasteiger partial charge in [-0.1, -0.05) is 6.92 Å². The predicted molar refractivity (Wildman–Crippen MR) is 102 cm³/mol. The number of rotatable bonds is 7. The minimum Gasteiger partial charge on any atom is -0.482 e. The number of amides is 1. The van der Waals surface area contributed by atoms with Crippen molar-refractivity contribution in [3.05, 3.63) is 24.0 Å². The van der Waals surface area contributed by atoms with Crippen molar-refractivity contribution in [1.29, 1.82) is 0 Å². The molecule has 0 bridgehead atoms. The van der Waals surface area contributed by atoms with Crippen molar-refractivity contribution in [2.24, 2.45) is 11.8 Å². The Hall–Kier alpha value is -1.66. The minimum atomic E-state index is -0.349. The number of hydrogen-bond acceptors (Lipinski definition) is 4. The van der Waals surface area contributed by atoms with Crippen molar-refractivity contribution >= 4 is 11.6 Å². The monoisotopic (exact) mass is 376 g/mol. The average molecular weight is 376 g/mol. The normalized spacial score (nSPS) is 22.4. The van der Waals surface area contributed by atoms with Crippen LogP contribution in [0.1, 0.15) is 32.6 Å². The first kappa shape index (κ1) is 18.7. The van der Waals surface area contributed by atoms with Crippen LogP contribution in [0.25, 0.3) is 0 Å². The first-order chi connectivity index (χ1) is 13.1. The molecule has 1 aromatic rings. The lowest BCUT2D eigenvalue weighted by Gasteiger charge is -2.36. The zero-order valence-corrected chi connectivity index (χ0v) is 16.0. The Morgan fingerprint density at radius 3 is 2.74 bits per heavy atom. The van der Waals surface area contributed by atoms with Gasteiger partial charge in [0.15, 0.2) is 6.61 Å². The molecule has 0 radical (unpaired) electrons. The molecule has 0 aromatic heterocycles. The SMILES string of the molecule is CC(CN1CCC(OCC2CC2)CC1)CN1C(=O)COc2ccc(F)cc21. The van der Waals surface area contributed by atoms with Gasteiger partial charge in [0.05, 0.1) is 11.8 Å². The van der Waals surface area contributed by atoms with Gasteiger partial charge in [-0.05, 0) is 49.7 Å². The lowest BCUT2D eigenvalue weighted by Crippen LogP contribution is -2.45. The predicted octanol–water partition coefficient (Wildman–Crippen LogP) is 3.08. The molecule has 5 nitrogen and oxygen atoms in total. The third-order valence-electron chi connectivity index (χ3n) is 5.73. The molecule has 0 spiro atoms. The van der Waals surface area contributed by atoms with E-state index in [1.165, 1.54) is 25.0 Å². The number of halogens is 1. The van der Waals surface area contributed by atoms with Gasteiger partial charge in [0.2, 0.25) is 0 Å². The summed E-state index contributed by atoms with van der Waals surface area (Å²) in [4.78, 5) is 16.5. The quantitative estimate of drug-likeness (QED) is 0.733. The number of fused-ring (bicyclic) bond motifs is 1. The summed E-state index contributed by atoms with van der Waals surface area (Å²) in [5.41, 5.74) is 0.547. The van der Waals surface area contributed by atoms with E-state index in [1.807, 2.05) is 0 Å². The van der Waals surface area contributed by atoms with E-state index in [0.717, 1.165) is 45.0 Å². The van der Waals surface area contributed by atoms with E-state index in [2.05, 4.69) is 11.8 Å². The molecule has 1 aromatic carbocycles. The first-order valence-electron chi connectivity index (χ1n) is 10.1. The van der Waals surface area contributed by atoms with Crippen molar-refractivity contribution in [3.63, 3.8) is 0 Å². The number of piperidine rings is 1. The number of likely N-dealkylation sites (tertiary alicyclic amines) is 1. The van der Waals surface area contributed by atoms with Crippen LogP contribution >= 0.6 is 0 Å². The number of ether oxygens (including phenoxy) is 2. The van der Waals surface area contributed by atoms with Gasteiger partial charge in [0.1, 0.15) is 11.6 Å². The van der Waals surface area contributed by atoms with E-state index < -0.39 is 0 Å². The summed E-state index contributed by atoms with van der Waals surface area (Å²) in [5, 5.41) is 0. The van der Waals surface area contributed by atoms with Gasteiger partial charge in [-0.15, -0.1) is 0 Å². The number of hydrogen-bond donors (Lipinski definition) is 0. The number of benzene rings is 1. The molecule has 148 valence electrons. The summed E-state index contributed by atoms with van der Waals surface area (Å²) in [6.45, 7) is 6.72. The number of carbonyl (C=O) groups is 1. The van der Waals surface area contributed by atoms with E-state index in [1.54, 1.807) is 11.0 Å². The molecule has 2 aliphatic heterocycles. The highest BCUT2D eigenvalue weighted by Gasteiger charge is 2.29. The molecular formula is C21H29FN2O3. The molecule has 4 rings (SSSR count). The van der Waals surface area contributed by atoms with Gasteiger partial charge >= 0.3 is 0 Å². The Bertz CT molecular complexity index is 671. The van der Waals surface area contributed by atoms with Gasteiger partial charge in [-0.3, -0.25) is 4.79 Å². The summed E-state index contributed by atoms with van der Waals surface area (Å²) in [5.74, 6) is 1.25. The summed E-state index contributed by atoms with van der Waals surface area (Å²) < 4.78 is 25.1. The third-order valence-corrected chi connectivity index (χ3v) is 5.73. The smallest absolute Gasteiger partial charge is 0.265 e. The fourth-order valence-electron chi connectivity index (χ4n) is 4.00. The average Bonchev–Trinajstić information content (AvgIpc) is 3.48. The van der Waals surface area contributed by atoms with E-state index >= 15 is 0 Å².